The number of hydrogen-bond donors (Lipinski definition) is 2. The maximum Gasteiger partial charge on any atom is 0.000242 e. The summed E-state index contributed by atoms with van der Waals surface area (Å²) in [6, 6.07) is 0. The highest BCUT2D eigenvalue weighted by Crippen LogP contribution is 2.22. The Balaban J connectivity index is 2.09. The fraction of sp³-hybridized carbons (Fsp3) is 1.00. The second kappa shape index (κ2) is 7.38. The molecule has 0 spiro atoms. The van der Waals surface area contributed by atoms with Crippen molar-refractivity contribution in [1.29, 1.82) is 0 Å². The Bertz CT molecular complexity index is 195. The summed E-state index contributed by atoms with van der Waals surface area (Å²) in [6.45, 7) is 14.2. The van der Waals surface area contributed by atoms with Crippen LogP contribution in [-0.4, -0.2) is 26.2 Å². The molecule has 1 heterocycles. The van der Waals surface area contributed by atoms with Crippen molar-refractivity contribution >= 4 is 0 Å². The number of nitrogens with one attached hydrogen (secondary N) is 2. The average Bonchev–Trinajstić information content (AvgIpc) is 2.35. The molecule has 1 aliphatic rings. The van der Waals surface area contributed by atoms with Gasteiger partial charge in [0.25, 0.3) is 0 Å². The van der Waals surface area contributed by atoms with E-state index in [0.717, 1.165) is 18.4 Å². The first kappa shape index (κ1) is 15.0. The van der Waals surface area contributed by atoms with Gasteiger partial charge in [-0.2, -0.15) is 0 Å². The Kier molecular flexibility index (Phi) is 6.50. The smallest absolute Gasteiger partial charge is 0.000242 e. The minimum absolute atomic E-state index is 0.454. The monoisotopic (exact) mass is 240 g/mol. The van der Waals surface area contributed by atoms with Crippen molar-refractivity contribution in [2.45, 2.75) is 53.4 Å². The summed E-state index contributed by atoms with van der Waals surface area (Å²) in [6.07, 6.45) is 5.37. The fourth-order valence-electron chi connectivity index (χ4n) is 2.48. The van der Waals surface area contributed by atoms with Gasteiger partial charge < -0.3 is 10.6 Å². The second-order valence-electron chi connectivity index (χ2n) is 6.57. The van der Waals surface area contributed by atoms with E-state index >= 15 is 0 Å². The van der Waals surface area contributed by atoms with Crippen LogP contribution in [0.5, 0.6) is 0 Å². The van der Waals surface area contributed by atoms with Crippen LogP contribution in [0.2, 0.25) is 0 Å². The fourth-order valence-corrected chi connectivity index (χ4v) is 2.48. The normalized spacial score (nSPS) is 23.6. The van der Waals surface area contributed by atoms with E-state index in [1.165, 1.54) is 45.3 Å². The molecule has 0 aromatic rings. The molecule has 2 nitrogen and oxygen atoms in total. The predicted octanol–water partition coefficient (Wildman–Crippen LogP) is 3.04. The molecule has 2 heteroatoms. The molecule has 0 aromatic carbocycles. The second-order valence-corrected chi connectivity index (χ2v) is 6.57. The van der Waals surface area contributed by atoms with E-state index in [2.05, 4.69) is 38.3 Å². The highest BCUT2D eigenvalue weighted by Gasteiger charge is 2.19. The quantitative estimate of drug-likeness (QED) is 0.668. The van der Waals surface area contributed by atoms with Gasteiger partial charge in [0, 0.05) is 6.54 Å². The van der Waals surface area contributed by atoms with E-state index in [1.54, 1.807) is 0 Å². The minimum Gasteiger partial charge on any atom is -0.316 e. The molecular weight excluding hydrogens is 208 g/mol. The number of hydrogen-bond acceptors (Lipinski definition) is 2. The standard InChI is InChI=1S/C15H32N2/c1-5-15(3,4)12-17-10-8-13(2)14-7-6-9-16-11-14/h13-14,16-17H,5-12H2,1-4H3. The first-order valence-corrected chi connectivity index (χ1v) is 7.46. The summed E-state index contributed by atoms with van der Waals surface area (Å²) in [5.41, 5.74) is 0.454. The molecular formula is C15H32N2. The van der Waals surface area contributed by atoms with Crippen LogP contribution >= 0.6 is 0 Å². The van der Waals surface area contributed by atoms with Gasteiger partial charge in [0.2, 0.25) is 0 Å². The van der Waals surface area contributed by atoms with Crippen LogP contribution in [0.1, 0.15) is 53.4 Å². The molecule has 1 saturated heterocycles. The van der Waals surface area contributed by atoms with E-state index in [0.29, 0.717) is 5.41 Å². The van der Waals surface area contributed by atoms with E-state index in [-0.39, 0.29) is 0 Å². The largest absolute Gasteiger partial charge is 0.316 e. The van der Waals surface area contributed by atoms with Crippen molar-refractivity contribution in [3.8, 4) is 0 Å². The van der Waals surface area contributed by atoms with Crippen molar-refractivity contribution in [1.82, 2.24) is 10.6 Å². The summed E-state index contributed by atoms with van der Waals surface area (Å²) in [4.78, 5) is 0. The number of piperidine rings is 1. The zero-order valence-corrected chi connectivity index (χ0v) is 12.3. The highest BCUT2D eigenvalue weighted by molar-refractivity contribution is 4.75. The zero-order valence-electron chi connectivity index (χ0n) is 12.3. The summed E-state index contributed by atoms with van der Waals surface area (Å²) < 4.78 is 0. The van der Waals surface area contributed by atoms with Gasteiger partial charge in [-0.25, -0.2) is 0 Å². The molecule has 0 aliphatic carbocycles. The third-order valence-electron chi connectivity index (χ3n) is 4.48. The Morgan fingerprint density at radius 1 is 1.41 bits per heavy atom. The minimum atomic E-state index is 0.454. The van der Waals surface area contributed by atoms with Crippen LogP contribution in [0.3, 0.4) is 0 Å². The lowest BCUT2D eigenvalue weighted by Gasteiger charge is -2.29. The Morgan fingerprint density at radius 2 is 2.18 bits per heavy atom. The molecule has 0 amide bonds. The summed E-state index contributed by atoms with van der Waals surface area (Å²) in [7, 11) is 0. The molecule has 102 valence electrons. The summed E-state index contributed by atoms with van der Waals surface area (Å²) >= 11 is 0. The van der Waals surface area contributed by atoms with Gasteiger partial charge in [0.05, 0.1) is 0 Å². The molecule has 2 atom stereocenters. The maximum atomic E-state index is 3.63. The van der Waals surface area contributed by atoms with Gasteiger partial charge >= 0.3 is 0 Å². The SMILES string of the molecule is CCC(C)(C)CNCCC(C)C1CCCNC1. The van der Waals surface area contributed by atoms with Crippen molar-refractivity contribution in [2.24, 2.45) is 17.3 Å². The lowest BCUT2D eigenvalue weighted by atomic mass is 9.85. The highest BCUT2D eigenvalue weighted by atomic mass is 14.9. The first-order chi connectivity index (χ1) is 8.05. The number of rotatable bonds is 7. The van der Waals surface area contributed by atoms with Crippen LogP contribution < -0.4 is 10.6 Å². The molecule has 0 bridgehead atoms. The van der Waals surface area contributed by atoms with E-state index in [4.69, 9.17) is 0 Å². The maximum absolute atomic E-state index is 3.63. The first-order valence-electron chi connectivity index (χ1n) is 7.46. The molecule has 0 aromatic heterocycles. The van der Waals surface area contributed by atoms with Gasteiger partial charge in [-0.1, -0.05) is 27.7 Å². The third-order valence-corrected chi connectivity index (χ3v) is 4.48. The molecule has 0 saturated carbocycles. The van der Waals surface area contributed by atoms with Crippen molar-refractivity contribution < 1.29 is 0 Å². The van der Waals surface area contributed by atoms with Gasteiger partial charge in [-0.3, -0.25) is 0 Å². The van der Waals surface area contributed by atoms with E-state index < -0.39 is 0 Å². The van der Waals surface area contributed by atoms with Gasteiger partial charge in [0.1, 0.15) is 0 Å². The van der Waals surface area contributed by atoms with Gasteiger partial charge in [0.15, 0.2) is 0 Å². The molecule has 17 heavy (non-hydrogen) atoms. The molecule has 0 radical (unpaired) electrons. The van der Waals surface area contributed by atoms with Crippen LogP contribution in [0.15, 0.2) is 0 Å². The molecule has 2 unspecified atom stereocenters. The summed E-state index contributed by atoms with van der Waals surface area (Å²) in [5, 5.41) is 7.15. The van der Waals surface area contributed by atoms with Crippen molar-refractivity contribution in [2.75, 3.05) is 26.2 Å². The zero-order chi connectivity index (χ0) is 12.7. The molecule has 1 fully saturated rings. The Labute approximate surface area is 108 Å². The van der Waals surface area contributed by atoms with Crippen LogP contribution in [0, 0.1) is 17.3 Å². The van der Waals surface area contributed by atoms with Crippen molar-refractivity contribution in [3.05, 3.63) is 0 Å². The average molecular weight is 240 g/mol. The lowest BCUT2D eigenvalue weighted by molar-refractivity contribution is 0.259. The molecule has 1 aliphatic heterocycles. The van der Waals surface area contributed by atoms with Crippen LogP contribution in [-0.2, 0) is 0 Å². The van der Waals surface area contributed by atoms with E-state index in [9.17, 15) is 0 Å². The third kappa shape index (κ3) is 5.87. The predicted molar refractivity (Wildman–Crippen MR) is 76.3 cm³/mol. The van der Waals surface area contributed by atoms with Crippen LogP contribution in [0.25, 0.3) is 0 Å². The van der Waals surface area contributed by atoms with Gasteiger partial charge in [-0.15, -0.1) is 0 Å². The van der Waals surface area contributed by atoms with Gasteiger partial charge in [-0.05, 0) is 62.6 Å². The molecule has 1 rings (SSSR count). The Morgan fingerprint density at radius 3 is 2.76 bits per heavy atom. The molecule has 2 N–H and O–H groups in total. The lowest BCUT2D eigenvalue weighted by Crippen LogP contribution is -2.35. The topological polar surface area (TPSA) is 24.1 Å². The van der Waals surface area contributed by atoms with E-state index in [1.807, 2.05) is 0 Å². The summed E-state index contributed by atoms with van der Waals surface area (Å²) in [5.74, 6) is 1.77. The van der Waals surface area contributed by atoms with Crippen molar-refractivity contribution in [3.63, 3.8) is 0 Å². The Hall–Kier alpha value is -0.0800. The van der Waals surface area contributed by atoms with Crippen LogP contribution in [0.4, 0.5) is 0 Å².